The summed E-state index contributed by atoms with van der Waals surface area (Å²) >= 11 is 0. The van der Waals surface area contributed by atoms with Gasteiger partial charge in [0.15, 0.2) is 5.96 Å². The molecule has 0 unspecified atom stereocenters. The molecule has 1 aliphatic rings. The van der Waals surface area contributed by atoms with Crippen LogP contribution < -0.4 is 97.8 Å². The molecule has 44 nitrogen and oxygen atoms in total. The molecule has 3 aromatic carbocycles. The van der Waals surface area contributed by atoms with Crippen LogP contribution in [-0.4, -0.2) is 271 Å². The number of hydrogen-bond acceptors (Lipinski definition) is 23. The van der Waals surface area contributed by atoms with Crippen LogP contribution in [0.3, 0.4) is 0 Å². The van der Waals surface area contributed by atoms with E-state index in [4.69, 9.17) is 34.1 Å². The average Bonchev–Trinajstić information content (AvgIpc) is 1.72. The minimum Gasteiger partial charge on any atom is -0.481 e. The van der Waals surface area contributed by atoms with Crippen LogP contribution in [0.5, 0.6) is 0 Å². The van der Waals surface area contributed by atoms with E-state index >= 15 is 0 Å². The number of H-pyrrole nitrogens is 3. The summed E-state index contributed by atoms with van der Waals surface area (Å²) in [4.78, 5) is 235. The van der Waals surface area contributed by atoms with E-state index in [2.05, 4.69) is 89.1 Å². The van der Waals surface area contributed by atoms with Crippen molar-refractivity contribution in [2.24, 2.45) is 28.7 Å². The predicted octanol–water partition coefficient (Wildman–Crippen LogP) is -6.63. The van der Waals surface area contributed by atoms with Gasteiger partial charge in [-0.25, -0.2) is 9.78 Å². The molecule has 1 fully saturated rings. The van der Waals surface area contributed by atoms with Gasteiger partial charge >= 0.3 is 11.9 Å². The summed E-state index contributed by atoms with van der Waals surface area (Å²) in [6.45, 7) is -3.34. The number of aromatic nitrogens is 4. The number of aromatic amines is 3. The Bertz CT molecular complexity index is 4640. The third kappa shape index (κ3) is 30.9. The van der Waals surface area contributed by atoms with Crippen molar-refractivity contribution in [3.05, 3.63) is 126 Å². The number of aliphatic carboxylic acids is 2. The first-order valence-electron chi connectivity index (χ1n) is 40.1. The maximum Gasteiger partial charge on any atom is 0.326 e. The zero-order chi connectivity index (χ0) is 89.7. The Kier molecular flexibility index (Phi) is 38.8. The van der Waals surface area contributed by atoms with E-state index < -0.39 is 213 Å². The van der Waals surface area contributed by atoms with Gasteiger partial charge in [-0.05, 0) is 106 Å². The number of carboxylic acid groups (broad SMARTS) is 2. The minimum absolute atomic E-state index is 0.0246. The first-order valence-corrected chi connectivity index (χ1v) is 40.1. The van der Waals surface area contributed by atoms with Crippen molar-refractivity contribution in [1.82, 2.24) is 94.0 Å². The number of hydrogen-bond donors (Lipinski definition) is 26. The molecule has 44 heteroatoms. The number of nitrogens with two attached hydrogens (primary N) is 5. The Balaban J connectivity index is 1.02. The topological polar surface area (TPSA) is 728 Å². The minimum atomic E-state index is -2.02. The molecule has 666 valence electrons. The van der Waals surface area contributed by atoms with E-state index in [9.17, 15) is 97.1 Å². The number of amides is 14. The van der Waals surface area contributed by atoms with Gasteiger partial charge in [0.25, 0.3) is 0 Å². The molecule has 0 saturated carbocycles. The Morgan fingerprint density at radius 1 is 0.480 bits per heavy atom. The maximum absolute atomic E-state index is 14.7. The Hall–Kier alpha value is -13.5. The number of aliphatic hydroxyl groups excluding tert-OH is 2. The molecule has 12 atom stereocenters. The molecule has 14 amide bonds. The highest BCUT2D eigenvalue weighted by Crippen LogP contribution is 2.23. The van der Waals surface area contributed by atoms with Crippen LogP contribution in [0.15, 0.2) is 104 Å². The van der Waals surface area contributed by atoms with Gasteiger partial charge in [0.1, 0.15) is 66.5 Å². The van der Waals surface area contributed by atoms with Crippen LogP contribution in [-0.2, 0) is 102 Å². The fourth-order valence-corrected chi connectivity index (χ4v) is 13.6. The summed E-state index contributed by atoms with van der Waals surface area (Å²) in [6, 6.07) is 3.49. The fraction of sp³-hybridized carbons (Fsp3) is 0.468. The van der Waals surface area contributed by atoms with Crippen LogP contribution in [0.4, 0.5) is 0 Å². The molecule has 0 aliphatic carbocycles. The van der Waals surface area contributed by atoms with E-state index in [0.717, 1.165) is 4.90 Å². The second-order valence-electron chi connectivity index (χ2n) is 29.4. The number of benzene rings is 3. The number of carbonyl (C=O) groups is 16. The highest BCUT2D eigenvalue weighted by atomic mass is 16.4. The molecule has 6 aromatic rings. The number of fused-ring (bicyclic) bond motifs is 2. The molecular weight excluding hydrogens is 1610 g/mol. The molecule has 0 bridgehead atoms. The largest absolute Gasteiger partial charge is 0.481 e. The number of aliphatic hydroxyl groups is 2. The number of carbonyl (C=O) groups excluding carboxylic acids is 14. The summed E-state index contributed by atoms with van der Waals surface area (Å²) in [6.07, 6.45) is 4.76. The SMILES string of the molecule is N=C(N)NCCC[C@H](NC(=O)[C@@H](N)CCCCN)C(=O)N[C@@H](Cc1ccccc1)C(=O)N[C@@H](CCCCN)C(=O)N[C@@H](CCC(N)=O)C(=O)N[C@@H](CC(=O)O)C(=O)NCC(=O)NCC(=O)N[C@@H](Cc1c[nH]c2ccccc12)C(=O)N[C@@H](CO)C(=O)N[C@@H](Cc1c[nH]cn1)C(=O)N[C@@H](Cc1c[nH]c2ccccc12)C(=O)N[C@@H](CO)C(=O)N1CCC[C@H]1C(=O)O. The van der Waals surface area contributed by atoms with E-state index in [0.29, 0.717) is 70.7 Å². The van der Waals surface area contributed by atoms with Gasteiger partial charge in [-0.15, -0.1) is 0 Å². The predicted molar refractivity (Wildman–Crippen MR) is 442 cm³/mol. The van der Waals surface area contributed by atoms with E-state index in [1.807, 2.05) is 0 Å². The van der Waals surface area contributed by atoms with Crippen LogP contribution in [0, 0.1) is 5.41 Å². The smallest absolute Gasteiger partial charge is 0.326 e. The number of primary amides is 1. The Morgan fingerprint density at radius 3 is 1.47 bits per heavy atom. The van der Waals surface area contributed by atoms with Crippen molar-refractivity contribution in [3.63, 3.8) is 0 Å². The molecule has 0 radical (unpaired) electrons. The molecule has 1 aliphatic heterocycles. The Morgan fingerprint density at radius 2 is 0.943 bits per heavy atom. The van der Waals surface area contributed by atoms with Crippen molar-refractivity contribution < 1.29 is 97.1 Å². The number of guanidine groups is 1. The lowest BCUT2D eigenvalue weighted by atomic mass is 10.0. The highest BCUT2D eigenvalue weighted by molar-refractivity contribution is 6.01. The summed E-state index contributed by atoms with van der Waals surface area (Å²) < 4.78 is 0. The van der Waals surface area contributed by atoms with Gasteiger partial charge in [-0.2, -0.15) is 0 Å². The highest BCUT2D eigenvalue weighted by Gasteiger charge is 2.41. The van der Waals surface area contributed by atoms with Crippen LogP contribution in [0.1, 0.15) is 106 Å². The number of unbranched alkanes of at least 4 members (excludes halogenated alkanes) is 2. The number of rotatable bonds is 53. The molecule has 3 aromatic heterocycles. The average molecular weight is 1720 g/mol. The van der Waals surface area contributed by atoms with Crippen molar-refractivity contribution in [1.29, 1.82) is 5.41 Å². The van der Waals surface area contributed by atoms with Gasteiger partial charge in [0.05, 0.1) is 50.8 Å². The number of para-hydroxylation sites is 2. The molecule has 1 saturated heterocycles. The maximum atomic E-state index is 14.7. The van der Waals surface area contributed by atoms with Crippen molar-refractivity contribution >= 4 is 122 Å². The number of likely N-dealkylation sites (tertiary alicyclic amines) is 1. The van der Waals surface area contributed by atoms with E-state index in [1.165, 1.54) is 18.7 Å². The number of nitrogens with one attached hydrogen (secondary N) is 17. The van der Waals surface area contributed by atoms with E-state index in [1.54, 1.807) is 85.1 Å². The third-order valence-electron chi connectivity index (χ3n) is 20.1. The van der Waals surface area contributed by atoms with Gasteiger partial charge in [-0.1, -0.05) is 73.2 Å². The summed E-state index contributed by atoms with van der Waals surface area (Å²) in [7, 11) is 0. The van der Waals surface area contributed by atoms with Gasteiger partial charge in [-0.3, -0.25) is 77.3 Å². The van der Waals surface area contributed by atoms with Gasteiger partial charge in [0, 0.05) is 85.6 Å². The van der Waals surface area contributed by atoms with Crippen molar-refractivity contribution in [2.45, 2.75) is 182 Å². The van der Waals surface area contributed by atoms with Gasteiger partial charge in [0.2, 0.25) is 82.7 Å². The normalized spacial score (nSPS) is 15.1. The molecule has 31 N–H and O–H groups in total. The number of carboxylic acids is 2. The second-order valence-corrected chi connectivity index (χ2v) is 29.4. The van der Waals surface area contributed by atoms with E-state index in [-0.39, 0.29) is 95.5 Å². The lowest BCUT2D eigenvalue weighted by molar-refractivity contribution is -0.150. The van der Waals surface area contributed by atoms with Crippen LogP contribution >= 0.6 is 0 Å². The number of imidazole rings is 1. The molecule has 4 heterocycles. The third-order valence-corrected chi connectivity index (χ3v) is 20.1. The summed E-state index contributed by atoms with van der Waals surface area (Å²) in [5.41, 5.74) is 31.5. The van der Waals surface area contributed by atoms with Crippen LogP contribution in [0.25, 0.3) is 21.8 Å². The first kappa shape index (κ1) is 96.7. The molecular formula is C79H110N24O20. The Labute approximate surface area is 705 Å². The molecule has 123 heavy (non-hydrogen) atoms. The number of nitrogens with zero attached hydrogens (tertiary/aromatic N) is 2. The summed E-state index contributed by atoms with van der Waals surface area (Å²) in [5, 5.41) is 81.8. The second kappa shape index (κ2) is 49.3. The monoisotopic (exact) mass is 1710 g/mol. The lowest BCUT2D eigenvalue weighted by Gasteiger charge is -2.28. The fourth-order valence-electron chi connectivity index (χ4n) is 13.6. The standard InChI is InChI=1S/C79H110N24O20/c80-26-10-8-18-49(82)67(111)94-53(22-12-28-87-79(84)85)70(114)97-55(30-43-14-2-1-3-15-43)72(116)95-52(21-9-11-27-81)69(113)96-54(24-25-63(83)106)71(115)100-59(34-66(109)110)68(112)91-38-64(107)90-39-65(108)93-56(31-44-35-88-50-19-6-4-16-47(44)50)73(117)101-60(40-104)76(120)99-58(33-46-37-86-42-92-46)75(119)98-57(32-45-36-89-51-20-7-5-17-48(45)51)74(118)102-61(41-105)77(121)103-29-13-23-62(103)78(122)123/h1-7,14-17,19-20,35-37,42,49,52-62,88-89,104-105H,8-13,18,21-34,38-41,80-82H2,(H2,83,106)(H,86,92)(H,90,107)(H,91,112)(H,93,108)(H,94,111)(H,95,116)(H,96,113)(H,97,114)(H,98,119)(H,99,120)(H,100,115)(H,101,117)(H,102,118)(H,109,110)(H,122,123)(H4,84,85,87)/t49-,52-,53-,54-,55-,56-,57-,58-,59-,60-,61-,62-/m0/s1. The van der Waals surface area contributed by atoms with Gasteiger partial charge < -0.3 is 138 Å². The zero-order valence-electron chi connectivity index (χ0n) is 67.5. The lowest BCUT2D eigenvalue weighted by Crippen LogP contribution is -2.61. The first-order chi connectivity index (χ1) is 58.9. The van der Waals surface area contributed by atoms with Crippen LogP contribution in [0.2, 0.25) is 0 Å². The summed E-state index contributed by atoms with van der Waals surface area (Å²) in [5.74, 6) is -17.6. The molecule has 0 spiro atoms. The molecule has 7 rings (SSSR count). The van der Waals surface area contributed by atoms with Crippen molar-refractivity contribution in [2.75, 3.05) is 52.5 Å². The quantitative estimate of drug-likeness (QED) is 0.00959. The zero-order valence-corrected chi connectivity index (χ0v) is 67.5. The van der Waals surface area contributed by atoms with Crippen molar-refractivity contribution in [3.8, 4) is 0 Å².